The van der Waals surface area contributed by atoms with Crippen molar-refractivity contribution in [1.82, 2.24) is 10.2 Å². The molecular formula is C11H20N2S. The van der Waals surface area contributed by atoms with Crippen LogP contribution < -0.4 is 5.32 Å². The van der Waals surface area contributed by atoms with Gasteiger partial charge in [-0.2, -0.15) is 11.8 Å². The van der Waals surface area contributed by atoms with Crippen molar-refractivity contribution in [1.29, 1.82) is 0 Å². The predicted molar refractivity (Wildman–Crippen MR) is 61.7 cm³/mol. The van der Waals surface area contributed by atoms with Crippen molar-refractivity contribution in [2.45, 2.75) is 25.4 Å². The van der Waals surface area contributed by atoms with E-state index in [0.29, 0.717) is 0 Å². The summed E-state index contributed by atoms with van der Waals surface area (Å²) in [5, 5.41) is 3.55. The highest BCUT2D eigenvalue weighted by Gasteiger charge is 2.46. The van der Waals surface area contributed by atoms with Crippen LogP contribution in [0.1, 0.15) is 13.3 Å². The summed E-state index contributed by atoms with van der Waals surface area (Å²) in [5.41, 5.74) is 0. The SMILES string of the molecule is CCC1C2CNCC2CN1C1CSC1. The van der Waals surface area contributed by atoms with Gasteiger partial charge in [0.05, 0.1) is 0 Å². The molecule has 3 heterocycles. The maximum atomic E-state index is 3.55. The van der Waals surface area contributed by atoms with Gasteiger partial charge in [0.15, 0.2) is 0 Å². The Morgan fingerprint density at radius 2 is 2.21 bits per heavy atom. The second-order valence-electron chi connectivity index (χ2n) is 4.95. The van der Waals surface area contributed by atoms with Crippen molar-refractivity contribution in [2.75, 3.05) is 31.1 Å². The van der Waals surface area contributed by atoms with E-state index in [4.69, 9.17) is 0 Å². The molecule has 80 valence electrons. The van der Waals surface area contributed by atoms with Gasteiger partial charge in [-0.05, 0) is 31.3 Å². The monoisotopic (exact) mass is 212 g/mol. The first kappa shape index (κ1) is 9.49. The maximum Gasteiger partial charge on any atom is 0.0280 e. The van der Waals surface area contributed by atoms with Gasteiger partial charge in [-0.25, -0.2) is 0 Å². The summed E-state index contributed by atoms with van der Waals surface area (Å²) in [7, 11) is 0. The van der Waals surface area contributed by atoms with E-state index in [-0.39, 0.29) is 0 Å². The van der Waals surface area contributed by atoms with E-state index in [1.165, 1.54) is 37.6 Å². The molecule has 3 aliphatic heterocycles. The van der Waals surface area contributed by atoms with Gasteiger partial charge < -0.3 is 5.32 Å². The number of hydrogen-bond donors (Lipinski definition) is 1. The van der Waals surface area contributed by atoms with Gasteiger partial charge in [-0.1, -0.05) is 6.92 Å². The molecule has 14 heavy (non-hydrogen) atoms. The molecule has 2 nitrogen and oxygen atoms in total. The molecule has 0 saturated carbocycles. The fourth-order valence-corrected chi connectivity index (χ4v) is 4.26. The molecule has 0 aliphatic carbocycles. The number of fused-ring (bicyclic) bond motifs is 1. The van der Waals surface area contributed by atoms with Crippen LogP contribution in [-0.2, 0) is 0 Å². The fourth-order valence-electron chi connectivity index (χ4n) is 3.43. The molecule has 0 radical (unpaired) electrons. The van der Waals surface area contributed by atoms with Crippen LogP contribution in [0.25, 0.3) is 0 Å². The number of thioether (sulfide) groups is 1. The maximum absolute atomic E-state index is 3.55. The lowest BCUT2D eigenvalue weighted by Gasteiger charge is -2.39. The Kier molecular flexibility index (Phi) is 2.50. The van der Waals surface area contributed by atoms with Crippen LogP contribution in [0.3, 0.4) is 0 Å². The molecule has 0 aromatic rings. The van der Waals surface area contributed by atoms with Crippen LogP contribution in [0.2, 0.25) is 0 Å². The summed E-state index contributed by atoms with van der Waals surface area (Å²) in [5.74, 6) is 4.71. The predicted octanol–water partition coefficient (Wildman–Crippen LogP) is 1.03. The molecule has 0 bridgehead atoms. The minimum absolute atomic E-state index is 0.890. The Hall–Kier alpha value is 0.270. The lowest BCUT2D eigenvalue weighted by Crippen LogP contribution is -2.48. The minimum atomic E-state index is 0.890. The summed E-state index contributed by atoms with van der Waals surface area (Å²) in [4.78, 5) is 2.83. The highest BCUT2D eigenvalue weighted by atomic mass is 32.2. The zero-order chi connectivity index (χ0) is 9.54. The number of rotatable bonds is 2. The Labute approximate surface area is 90.8 Å². The van der Waals surface area contributed by atoms with Crippen molar-refractivity contribution < 1.29 is 0 Å². The zero-order valence-corrected chi connectivity index (χ0v) is 9.72. The highest BCUT2D eigenvalue weighted by molar-refractivity contribution is 8.00. The molecule has 3 heteroatoms. The summed E-state index contributed by atoms with van der Waals surface area (Å²) < 4.78 is 0. The number of likely N-dealkylation sites (tertiary alicyclic amines) is 1. The second-order valence-corrected chi connectivity index (χ2v) is 6.02. The summed E-state index contributed by atoms with van der Waals surface area (Å²) >= 11 is 2.12. The van der Waals surface area contributed by atoms with Gasteiger partial charge in [-0.3, -0.25) is 4.90 Å². The van der Waals surface area contributed by atoms with Crippen LogP contribution >= 0.6 is 11.8 Å². The molecule has 1 N–H and O–H groups in total. The smallest absolute Gasteiger partial charge is 0.0280 e. The summed E-state index contributed by atoms with van der Waals surface area (Å²) in [6.07, 6.45) is 1.35. The van der Waals surface area contributed by atoms with Gasteiger partial charge in [0.1, 0.15) is 0 Å². The quantitative estimate of drug-likeness (QED) is 0.736. The number of hydrogen-bond acceptors (Lipinski definition) is 3. The normalized spacial score (nSPS) is 43.9. The minimum Gasteiger partial charge on any atom is -0.316 e. The molecule has 3 unspecified atom stereocenters. The van der Waals surface area contributed by atoms with Gasteiger partial charge >= 0.3 is 0 Å². The molecule has 3 aliphatic rings. The van der Waals surface area contributed by atoms with E-state index < -0.39 is 0 Å². The lowest BCUT2D eigenvalue weighted by atomic mass is 9.93. The van der Waals surface area contributed by atoms with Crippen molar-refractivity contribution in [3.8, 4) is 0 Å². The van der Waals surface area contributed by atoms with Gasteiger partial charge in [0.25, 0.3) is 0 Å². The second kappa shape index (κ2) is 3.69. The van der Waals surface area contributed by atoms with Crippen molar-refractivity contribution >= 4 is 11.8 Å². The Morgan fingerprint density at radius 3 is 2.86 bits per heavy atom. The third-order valence-electron chi connectivity index (χ3n) is 4.27. The van der Waals surface area contributed by atoms with E-state index in [0.717, 1.165) is 23.9 Å². The topological polar surface area (TPSA) is 15.3 Å². The highest BCUT2D eigenvalue weighted by Crippen LogP contribution is 2.38. The van der Waals surface area contributed by atoms with Gasteiger partial charge in [-0.15, -0.1) is 0 Å². The van der Waals surface area contributed by atoms with Crippen LogP contribution in [-0.4, -0.2) is 48.1 Å². The first-order chi connectivity index (χ1) is 6.90. The average Bonchev–Trinajstić information content (AvgIpc) is 2.60. The molecule has 3 saturated heterocycles. The van der Waals surface area contributed by atoms with Crippen LogP contribution in [0, 0.1) is 11.8 Å². The largest absolute Gasteiger partial charge is 0.316 e. The molecule has 3 fully saturated rings. The van der Waals surface area contributed by atoms with Gasteiger partial charge in [0.2, 0.25) is 0 Å². The van der Waals surface area contributed by atoms with Crippen LogP contribution in [0.15, 0.2) is 0 Å². The number of nitrogens with zero attached hydrogens (tertiary/aromatic N) is 1. The molecular weight excluding hydrogens is 192 g/mol. The fraction of sp³-hybridized carbons (Fsp3) is 1.00. The van der Waals surface area contributed by atoms with E-state index in [9.17, 15) is 0 Å². The van der Waals surface area contributed by atoms with Crippen molar-refractivity contribution in [3.05, 3.63) is 0 Å². The first-order valence-corrected chi connectivity index (χ1v) is 7.10. The van der Waals surface area contributed by atoms with E-state index in [1.54, 1.807) is 0 Å². The third kappa shape index (κ3) is 1.33. The van der Waals surface area contributed by atoms with Crippen LogP contribution in [0.4, 0.5) is 0 Å². The molecule has 0 spiro atoms. The van der Waals surface area contributed by atoms with Gasteiger partial charge in [0, 0.05) is 30.1 Å². The van der Waals surface area contributed by atoms with Crippen molar-refractivity contribution in [3.63, 3.8) is 0 Å². The lowest BCUT2D eigenvalue weighted by molar-refractivity contribution is 0.174. The number of nitrogens with one attached hydrogen (secondary N) is 1. The molecule has 3 atom stereocenters. The Balaban J connectivity index is 1.73. The van der Waals surface area contributed by atoms with Crippen molar-refractivity contribution in [2.24, 2.45) is 11.8 Å². The Morgan fingerprint density at radius 1 is 1.36 bits per heavy atom. The van der Waals surface area contributed by atoms with Crippen LogP contribution in [0.5, 0.6) is 0 Å². The molecule has 0 amide bonds. The molecule has 3 rings (SSSR count). The van der Waals surface area contributed by atoms with E-state index in [2.05, 4.69) is 28.9 Å². The average molecular weight is 212 g/mol. The van der Waals surface area contributed by atoms with E-state index >= 15 is 0 Å². The Bertz CT molecular complexity index is 217. The standard InChI is InChI=1S/C11H20N2S/c1-2-11-10-4-12-3-8(10)5-13(11)9-6-14-7-9/h8-12H,2-7H2,1H3. The summed E-state index contributed by atoms with van der Waals surface area (Å²) in [6.45, 7) is 6.29. The zero-order valence-electron chi connectivity index (χ0n) is 8.91. The molecule has 0 aromatic heterocycles. The van der Waals surface area contributed by atoms with E-state index in [1.807, 2.05) is 0 Å². The summed E-state index contributed by atoms with van der Waals surface area (Å²) in [6, 6.07) is 1.82. The third-order valence-corrected chi connectivity index (χ3v) is 5.51. The first-order valence-electron chi connectivity index (χ1n) is 5.94. The molecule has 0 aromatic carbocycles.